The van der Waals surface area contributed by atoms with E-state index in [1.54, 1.807) is 19.1 Å². The van der Waals surface area contributed by atoms with E-state index >= 15 is 0 Å². The Bertz CT molecular complexity index is 636. The van der Waals surface area contributed by atoms with Gasteiger partial charge in [-0.15, -0.1) is 0 Å². The number of nitrogens with one attached hydrogen (secondary N) is 1. The van der Waals surface area contributed by atoms with Crippen molar-refractivity contribution >= 4 is 21.6 Å². The van der Waals surface area contributed by atoms with E-state index in [-0.39, 0.29) is 5.91 Å². The zero-order valence-corrected chi connectivity index (χ0v) is 15.6. The molecule has 0 heterocycles. The topological polar surface area (TPSA) is 69.7 Å². The first kappa shape index (κ1) is 19.4. The molecule has 1 atom stereocenters. The number of hydrogen-bond acceptors (Lipinski definition) is 4. The summed E-state index contributed by atoms with van der Waals surface area (Å²) in [5, 5.41) is 2.78. The smallest absolute Gasteiger partial charge is 0.243 e. The number of carbonyl (C=O) groups is 1. The molecule has 1 N–H and O–H groups in total. The van der Waals surface area contributed by atoms with Crippen molar-refractivity contribution in [1.29, 1.82) is 0 Å². The molecule has 6 nitrogen and oxygen atoms in total. The van der Waals surface area contributed by atoms with Crippen LogP contribution in [-0.2, 0) is 14.8 Å². The van der Waals surface area contributed by atoms with Crippen LogP contribution in [0.4, 0.5) is 5.69 Å². The van der Waals surface area contributed by atoms with Crippen LogP contribution in [0.5, 0.6) is 0 Å². The average molecular weight is 341 g/mol. The van der Waals surface area contributed by atoms with Crippen molar-refractivity contribution in [1.82, 2.24) is 10.2 Å². The minimum Gasteiger partial charge on any atom is -0.353 e. The van der Waals surface area contributed by atoms with Gasteiger partial charge in [-0.25, -0.2) is 8.42 Å². The van der Waals surface area contributed by atoms with Gasteiger partial charge >= 0.3 is 0 Å². The molecule has 0 bridgehead atoms. The Balaban J connectivity index is 3.05. The fourth-order valence-electron chi connectivity index (χ4n) is 2.44. The van der Waals surface area contributed by atoms with Crippen molar-refractivity contribution in [2.45, 2.75) is 26.8 Å². The Labute approximate surface area is 139 Å². The molecule has 0 saturated carbocycles. The van der Waals surface area contributed by atoms with Crippen LogP contribution in [0, 0.1) is 13.8 Å². The highest BCUT2D eigenvalue weighted by molar-refractivity contribution is 7.92. The quantitative estimate of drug-likeness (QED) is 0.807. The van der Waals surface area contributed by atoms with E-state index in [1.165, 1.54) is 4.31 Å². The van der Waals surface area contributed by atoms with Crippen LogP contribution >= 0.6 is 0 Å². The Morgan fingerprint density at radius 1 is 1.17 bits per heavy atom. The van der Waals surface area contributed by atoms with Crippen molar-refractivity contribution in [2.24, 2.45) is 0 Å². The molecule has 23 heavy (non-hydrogen) atoms. The van der Waals surface area contributed by atoms with Crippen LogP contribution in [0.25, 0.3) is 0 Å². The minimum absolute atomic E-state index is 0.309. The number of anilines is 1. The number of hydrogen-bond donors (Lipinski definition) is 1. The van der Waals surface area contributed by atoms with E-state index in [1.807, 2.05) is 38.9 Å². The molecule has 7 heteroatoms. The second kappa shape index (κ2) is 7.79. The summed E-state index contributed by atoms with van der Waals surface area (Å²) in [5.41, 5.74) is 2.42. The van der Waals surface area contributed by atoms with Gasteiger partial charge in [-0.1, -0.05) is 6.07 Å². The van der Waals surface area contributed by atoms with Gasteiger partial charge in [0, 0.05) is 13.1 Å². The normalized spacial score (nSPS) is 13.0. The first-order valence-corrected chi connectivity index (χ1v) is 9.37. The van der Waals surface area contributed by atoms with E-state index in [9.17, 15) is 13.2 Å². The van der Waals surface area contributed by atoms with Crippen molar-refractivity contribution < 1.29 is 13.2 Å². The van der Waals surface area contributed by atoms with Crippen molar-refractivity contribution in [3.63, 3.8) is 0 Å². The van der Waals surface area contributed by atoms with Gasteiger partial charge < -0.3 is 10.2 Å². The van der Waals surface area contributed by atoms with Crippen LogP contribution in [0.2, 0.25) is 0 Å². The third-order valence-corrected chi connectivity index (χ3v) is 4.65. The predicted molar refractivity (Wildman–Crippen MR) is 94.3 cm³/mol. The number of sulfonamides is 1. The van der Waals surface area contributed by atoms with Crippen LogP contribution in [-0.4, -0.2) is 58.7 Å². The standard InChI is InChI=1S/C16H27N3O3S/c1-12-9-13(2)11-15(10-12)19(23(6,21)22)14(3)16(20)17-7-8-18(4)5/h9-11,14H,7-8H2,1-6H3,(H,17,20)/t14-/m1/s1. The lowest BCUT2D eigenvalue weighted by Crippen LogP contribution is -2.48. The van der Waals surface area contributed by atoms with Crippen LogP contribution in [0.1, 0.15) is 18.1 Å². The van der Waals surface area contributed by atoms with Gasteiger partial charge in [-0.2, -0.15) is 0 Å². The molecule has 1 aromatic carbocycles. The molecule has 130 valence electrons. The van der Waals surface area contributed by atoms with E-state index < -0.39 is 16.1 Å². The number of likely N-dealkylation sites (N-methyl/N-ethyl adjacent to an activating group) is 1. The summed E-state index contributed by atoms with van der Waals surface area (Å²) in [5.74, 6) is -0.309. The highest BCUT2D eigenvalue weighted by Crippen LogP contribution is 2.23. The molecule has 1 amide bonds. The zero-order chi connectivity index (χ0) is 17.8. The van der Waals surface area contributed by atoms with Gasteiger partial charge in [0.2, 0.25) is 15.9 Å². The lowest BCUT2D eigenvalue weighted by atomic mass is 10.1. The van der Waals surface area contributed by atoms with E-state index in [4.69, 9.17) is 0 Å². The van der Waals surface area contributed by atoms with Crippen LogP contribution < -0.4 is 9.62 Å². The molecule has 1 aromatic rings. The Kier molecular flexibility index (Phi) is 6.58. The van der Waals surface area contributed by atoms with Crippen molar-refractivity contribution in [3.8, 4) is 0 Å². The number of aryl methyl sites for hydroxylation is 2. The molecule has 0 unspecified atom stereocenters. The molecule has 0 fully saturated rings. The third kappa shape index (κ3) is 5.84. The fraction of sp³-hybridized carbons (Fsp3) is 0.562. The lowest BCUT2D eigenvalue weighted by molar-refractivity contribution is -0.121. The maximum absolute atomic E-state index is 12.3. The number of amides is 1. The van der Waals surface area contributed by atoms with Gasteiger partial charge in [0.05, 0.1) is 11.9 Å². The molecule has 0 radical (unpaired) electrons. The molecule has 0 aliphatic heterocycles. The highest BCUT2D eigenvalue weighted by atomic mass is 32.2. The van der Waals surface area contributed by atoms with Gasteiger partial charge in [0.1, 0.15) is 6.04 Å². The maximum Gasteiger partial charge on any atom is 0.243 e. The fourth-order valence-corrected chi connectivity index (χ4v) is 3.60. The predicted octanol–water partition coefficient (Wildman–Crippen LogP) is 1.14. The van der Waals surface area contributed by atoms with E-state index in [2.05, 4.69) is 5.32 Å². The molecule has 1 rings (SSSR count). The summed E-state index contributed by atoms with van der Waals surface area (Å²) >= 11 is 0. The third-order valence-electron chi connectivity index (χ3n) is 3.41. The summed E-state index contributed by atoms with van der Waals surface area (Å²) in [6.45, 7) is 6.57. The summed E-state index contributed by atoms with van der Waals surface area (Å²) in [7, 11) is 0.246. The van der Waals surface area contributed by atoms with Gasteiger partial charge in [0.25, 0.3) is 0 Å². The lowest BCUT2D eigenvalue weighted by Gasteiger charge is -2.29. The molecule has 0 saturated heterocycles. The number of rotatable bonds is 7. The summed E-state index contributed by atoms with van der Waals surface area (Å²) in [6, 6.07) is 4.70. The first-order valence-electron chi connectivity index (χ1n) is 7.52. The number of nitrogens with zero attached hydrogens (tertiary/aromatic N) is 2. The van der Waals surface area contributed by atoms with Crippen molar-refractivity contribution in [2.75, 3.05) is 37.7 Å². The Morgan fingerprint density at radius 2 is 1.70 bits per heavy atom. The van der Waals surface area contributed by atoms with Gasteiger partial charge in [-0.05, 0) is 58.1 Å². The molecular formula is C16H27N3O3S. The number of benzene rings is 1. The minimum atomic E-state index is -3.58. The number of carbonyl (C=O) groups excluding carboxylic acids is 1. The summed E-state index contributed by atoms with van der Waals surface area (Å²) < 4.78 is 25.6. The molecule has 0 aliphatic carbocycles. The van der Waals surface area contributed by atoms with E-state index in [0.29, 0.717) is 18.8 Å². The largest absolute Gasteiger partial charge is 0.353 e. The monoisotopic (exact) mass is 341 g/mol. The second-order valence-corrected chi connectivity index (χ2v) is 8.03. The molecule has 0 spiro atoms. The van der Waals surface area contributed by atoms with Gasteiger partial charge in [0.15, 0.2) is 0 Å². The second-order valence-electron chi connectivity index (χ2n) is 6.18. The Hall–Kier alpha value is -1.60. The zero-order valence-electron chi connectivity index (χ0n) is 14.8. The Morgan fingerprint density at radius 3 is 2.13 bits per heavy atom. The summed E-state index contributed by atoms with van der Waals surface area (Å²) in [4.78, 5) is 14.3. The van der Waals surface area contributed by atoms with Crippen LogP contribution in [0.3, 0.4) is 0 Å². The first-order chi connectivity index (χ1) is 10.5. The van der Waals surface area contributed by atoms with E-state index in [0.717, 1.165) is 17.4 Å². The highest BCUT2D eigenvalue weighted by Gasteiger charge is 2.29. The summed E-state index contributed by atoms with van der Waals surface area (Å²) in [6.07, 6.45) is 1.12. The van der Waals surface area contributed by atoms with Crippen molar-refractivity contribution in [3.05, 3.63) is 29.3 Å². The van der Waals surface area contributed by atoms with Gasteiger partial charge in [-0.3, -0.25) is 9.10 Å². The maximum atomic E-state index is 12.3. The molecule has 0 aliphatic rings. The average Bonchev–Trinajstić information content (AvgIpc) is 2.35. The SMILES string of the molecule is Cc1cc(C)cc(N([C@H](C)C(=O)NCCN(C)C)S(C)(=O)=O)c1. The molecular weight excluding hydrogens is 314 g/mol. The van der Waals surface area contributed by atoms with Crippen LogP contribution in [0.15, 0.2) is 18.2 Å². The molecule has 0 aromatic heterocycles.